The highest BCUT2D eigenvalue weighted by atomic mass is 35.5. The van der Waals surface area contributed by atoms with Crippen LogP contribution in [-0.4, -0.2) is 20.9 Å². The number of H-pyrrole nitrogens is 1. The van der Waals surface area contributed by atoms with Crippen LogP contribution in [0.3, 0.4) is 0 Å². The van der Waals surface area contributed by atoms with Crippen LogP contribution in [0.1, 0.15) is 11.1 Å². The van der Waals surface area contributed by atoms with E-state index in [1.807, 2.05) is 24.3 Å². The molecule has 1 aliphatic heterocycles. The lowest BCUT2D eigenvalue weighted by atomic mass is 10.1. The van der Waals surface area contributed by atoms with Gasteiger partial charge in [-0.25, -0.2) is 9.36 Å². The van der Waals surface area contributed by atoms with Gasteiger partial charge in [-0.05, 0) is 24.3 Å². The largest absolute Gasteiger partial charge is 0.494 e. The quantitative estimate of drug-likeness (QED) is 0.731. The molecule has 3 aromatic rings. The Morgan fingerprint density at radius 2 is 1.81 bits per heavy atom. The second-order valence-corrected chi connectivity index (χ2v) is 6.07. The first-order valence-corrected chi connectivity index (χ1v) is 8.12. The molecular formula is C19H12ClN3O3. The van der Waals surface area contributed by atoms with Crippen molar-refractivity contribution in [2.45, 2.75) is 0 Å². The van der Waals surface area contributed by atoms with Crippen LogP contribution in [-0.2, 0) is 0 Å². The smallest absolute Gasteiger partial charge is 0.335 e. The summed E-state index contributed by atoms with van der Waals surface area (Å²) in [6.45, 7) is 0. The number of fused-ring (bicyclic) bond motifs is 1. The lowest BCUT2D eigenvalue weighted by Crippen LogP contribution is -2.30. The number of hydrogen-bond acceptors (Lipinski definition) is 4. The predicted octanol–water partition coefficient (Wildman–Crippen LogP) is 3.14. The zero-order valence-electron chi connectivity index (χ0n) is 13.3. The van der Waals surface area contributed by atoms with Crippen LogP contribution < -0.4 is 11.2 Å². The zero-order valence-corrected chi connectivity index (χ0v) is 14.1. The molecule has 2 aromatic carbocycles. The molecule has 2 heterocycles. The maximum absolute atomic E-state index is 12.3. The number of allylic oxidation sites excluding steroid dienone is 1. The molecular weight excluding hydrogens is 354 g/mol. The first kappa shape index (κ1) is 16.1. The molecule has 4 rings (SSSR count). The monoisotopic (exact) mass is 365 g/mol. The number of aromatic hydroxyl groups is 1. The first-order chi connectivity index (χ1) is 12.6. The Labute approximate surface area is 152 Å². The van der Waals surface area contributed by atoms with Crippen molar-refractivity contribution in [2.75, 3.05) is 0 Å². The summed E-state index contributed by atoms with van der Waals surface area (Å²) in [4.78, 5) is 31.0. The van der Waals surface area contributed by atoms with Crippen LogP contribution in [0.2, 0.25) is 5.02 Å². The Bertz CT molecular complexity index is 1210. The van der Waals surface area contributed by atoms with Crippen LogP contribution in [0, 0.1) is 0 Å². The van der Waals surface area contributed by atoms with Crippen molar-refractivity contribution >= 4 is 35.2 Å². The molecule has 0 bridgehead atoms. The van der Waals surface area contributed by atoms with E-state index in [2.05, 4.69) is 9.98 Å². The number of halogens is 1. The highest BCUT2D eigenvalue weighted by Crippen LogP contribution is 2.33. The van der Waals surface area contributed by atoms with Gasteiger partial charge in [0.25, 0.3) is 5.56 Å². The van der Waals surface area contributed by atoms with E-state index in [4.69, 9.17) is 11.6 Å². The Morgan fingerprint density at radius 1 is 1.08 bits per heavy atom. The SMILES string of the molecule is O=c1[nH]c(=O)n(-c2ccccc2Cl)c(O)c1C=C1C=Nc2ccccc21. The number of nitrogens with zero attached hydrogens (tertiary/aromatic N) is 2. The molecule has 0 aliphatic carbocycles. The maximum atomic E-state index is 12.3. The van der Waals surface area contributed by atoms with Crippen molar-refractivity contribution in [2.24, 2.45) is 4.99 Å². The predicted molar refractivity (Wildman–Crippen MR) is 102 cm³/mol. The van der Waals surface area contributed by atoms with Gasteiger partial charge in [0.2, 0.25) is 5.88 Å². The average molecular weight is 366 g/mol. The van der Waals surface area contributed by atoms with Crippen molar-refractivity contribution in [3.63, 3.8) is 0 Å². The molecule has 0 saturated carbocycles. The molecule has 0 amide bonds. The number of rotatable bonds is 2. The third-order valence-corrected chi connectivity index (χ3v) is 4.39. The Hall–Kier alpha value is -3.38. The minimum atomic E-state index is -0.775. The lowest BCUT2D eigenvalue weighted by Gasteiger charge is -2.11. The molecule has 2 N–H and O–H groups in total. The first-order valence-electron chi connectivity index (χ1n) is 7.74. The Morgan fingerprint density at radius 3 is 2.62 bits per heavy atom. The summed E-state index contributed by atoms with van der Waals surface area (Å²) in [5.41, 5.74) is 1.02. The summed E-state index contributed by atoms with van der Waals surface area (Å²) in [7, 11) is 0. The highest BCUT2D eigenvalue weighted by Gasteiger charge is 2.18. The molecule has 1 aromatic heterocycles. The minimum Gasteiger partial charge on any atom is -0.494 e. The van der Waals surface area contributed by atoms with E-state index >= 15 is 0 Å². The van der Waals surface area contributed by atoms with E-state index in [0.29, 0.717) is 5.57 Å². The number of benzene rings is 2. The third kappa shape index (κ3) is 2.57. The summed E-state index contributed by atoms with van der Waals surface area (Å²) in [6, 6.07) is 14.0. The Balaban J connectivity index is 1.95. The van der Waals surface area contributed by atoms with Gasteiger partial charge >= 0.3 is 5.69 Å². The molecule has 7 heteroatoms. The van der Waals surface area contributed by atoms with Crippen molar-refractivity contribution in [1.29, 1.82) is 0 Å². The number of nitrogens with one attached hydrogen (secondary N) is 1. The van der Waals surface area contributed by atoms with Crippen molar-refractivity contribution in [1.82, 2.24) is 9.55 Å². The van der Waals surface area contributed by atoms with Gasteiger partial charge < -0.3 is 5.11 Å². The Kier molecular flexibility index (Phi) is 3.82. The summed E-state index contributed by atoms with van der Waals surface area (Å²) in [5, 5.41) is 10.9. The van der Waals surface area contributed by atoms with Crippen LogP contribution in [0.15, 0.2) is 63.1 Å². The van der Waals surface area contributed by atoms with E-state index in [9.17, 15) is 14.7 Å². The van der Waals surface area contributed by atoms with Gasteiger partial charge in [0.05, 0.1) is 16.4 Å². The fraction of sp³-hybridized carbons (Fsp3) is 0. The van der Waals surface area contributed by atoms with E-state index in [-0.39, 0.29) is 16.3 Å². The van der Waals surface area contributed by atoms with Crippen molar-refractivity contribution in [3.05, 3.63) is 85.5 Å². The van der Waals surface area contributed by atoms with Gasteiger partial charge in [-0.1, -0.05) is 41.9 Å². The van der Waals surface area contributed by atoms with E-state index < -0.39 is 17.1 Å². The maximum Gasteiger partial charge on any atom is 0.335 e. The second-order valence-electron chi connectivity index (χ2n) is 5.66. The lowest BCUT2D eigenvalue weighted by molar-refractivity contribution is 0.429. The van der Waals surface area contributed by atoms with Gasteiger partial charge in [0.15, 0.2) is 0 Å². The molecule has 0 atom stereocenters. The third-order valence-electron chi connectivity index (χ3n) is 4.07. The molecule has 128 valence electrons. The molecule has 6 nitrogen and oxygen atoms in total. The topological polar surface area (TPSA) is 87.5 Å². The molecule has 0 radical (unpaired) electrons. The van der Waals surface area contributed by atoms with E-state index in [1.165, 1.54) is 6.08 Å². The standard InChI is InChI=1S/C19H12ClN3O3/c20-14-6-2-4-8-16(14)23-18(25)13(17(24)22-19(23)26)9-11-10-21-15-7-3-1-5-12(11)15/h1-10,25H,(H,22,24,26). The number of aliphatic imine (C=N–C) groups is 1. The number of aromatic nitrogens is 2. The highest BCUT2D eigenvalue weighted by molar-refractivity contribution is 6.32. The number of hydrogen-bond donors (Lipinski definition) is 2. The number of aromatic amines is 1. The van der Waals surface area contributed by atoms with Crippen molar-refractivity contribution < 1.29 is 5.11 Å². The molecule has 0 unspecified atom stereocenters. The van der Waals surface area contributed by atoms with E-state index in [0.717, 1.165) is 15.8 Å². The molecule has 0 spiro atoms. The van der Waals surface area contributed by atoms with E-state index in [1.54, 1.807) is 30.5 Å². The molecule has 0 fully saturated rings. The molecule has 0 saturated heterocycles. The molecule has 26 heavy (non-hydrogen) atoms. The van der Waals surface area contributed by atoms with Crippen LogP contribution in [0.25, 0.3) is 17.3 Å². The second kappa shape index (κ2) is 6.16. The summed E-state index contributed by atoms with van der Waals surface area (Å²) in [5.74, 6) is -0.489. The van der Waals surface area contributed by atoms with Crippen molar-refractivity contribution in [3.8, 4) is 11.6 Å². The zero-order chi connectivity index (χ0) is 18.3. The summed E-state index contributed by atoms with van der Waals surface area (Å²) in [6.07, 6.45) is 3.10. The minimum absolute atomic E-state index is 0.0531. The van der Waals surface area contributed by atoms with Gasteiger partial charge in [-0.3, -0.25) is 14.8 Å². The van der Waals surface area contributed by atoms with Gasteiger partial charge in [-0.15, -0.1) is 0 Å². The van der Waals surface area contributed by atoms with Crippen LogP contribution in [0.4, 0.5) is 5.69 Å². The fourth-order valence-corrected chi connectivity index (χ4v) is 3.05. The van der Waals surface area contributed by atoms with Crippen LogP contribution >= 0.6 is 11.6 Å². The molecule has 1 aliphatic rings. The normalized spacial score (nSPS) is 14.0. The number of para-hydroxylation sites is 2. The average Bonchev–Trinajstić information content (AvgIpc) is 3.03. The van der Waals surface area contributed by atoms with Gasteiger partial charge in [-0.2, -0.15) is 0 Å². The van der Waals surface area contributed by atoms with Crippen LogP contribution in [0.5, 0.6) is 5.88 Å². The fourth-order valence-electron chi connectivity index (χ4n) is 2.83. The van der Waals surface area contributed by atoms with Gasteiger partial charge in [0.1, 0.15) is 5.56 Å². The summed E-state index contributed by atoms with van der Waals surface area (Å²) < 4.78 is 0.966. The summed E-state index contributed by atoms with van der Waals surface area (Å²) >= 11 is 6.13. The van der Waals surface area contributed by atoms with Gasteiger partial charge in [0, 0.05) is 17.4 Å².